The summed E-state index contributed by atoms with van der Waals surface area (Å²) in [6, 6.07) is 0. The van der Waals surface area contributed by atoms with Gasteiger partial charge in [0.05, 0.1) is 6.61 Å². The van der Waals surface area contributed by atoms with Crippen LogP contribution < -0.4 is 15.5 Å². The maximum Gasteiger partial charge on any atom is 0.232 e. The molecule has 0 fully saturated rings. The summed E-state index contributed by atoms with van der Waals surface area (Å²) in [5.74, 6) is 1.19. The predicted octanol–water partition coefficient (Wildman–Crippen LogP) is -0.662. The van der Waals surface area contributed by atoms with Gasteiger partial charge in [-0.1, -0.05) is 0 Å². The fraction of sp³-hybridized carbons (Fsp3) is 0.667. The number of hydrogen-bond acceptors (Lipinski definition) is 7. The van der Waals surface area contributed by atoms with Crippen LogP contribution in [0.5, 0.6) is 0 Å². The van der Waals surface area contributed by atoms with E-state index in [-0.39, 0.29) is 12.6 Å². The fourth-order valence-corrected chi connectivity index (χ4v) is 1.23. The van der Waals surface area contributed by atoms with E-state index in [0.717, 1.165) is 0 Å². The second kappa shape index (κ2) is 5.45. The molecule has 0 saturated carbocycles. The molecular weight excluding hydrogens is 208 g/mol. The summed E-state index contributed by atoms with van der Waals surface area (Å²) in [4.78, 5) is 15.9. The van der Waals surface area contributed by atoms with Crippen LogP contribution in [-0.2, 0) is 0 Å². The molecular formula is C9H18N6O. The number of rotatable bonds is 5. The smallest absolute Gasteiger partial charge is 0.232 e. The van der Waals surface area contributed by atoms with E-state index < -0.39 is 0 Å². The van der Waals surface area contributed by atoms with Crippen LogP contribution in [0.1, 0.15) is 6.92 Å². The first-order valence-corrected chi connectivity index (χ1v) is 5.13. The molecule has 0 aliphatic heterocycles. The molecule has 0 atom stereocenters. The van der Waals surface area contributed by atoms with Crippen molar-refractivity contribution in [1.82, 2.24) is 15.0 Å². The van der Waals surface area contributed by atoms with Crippen molar-refractivity contribution >= 4 is 17.8 Å². The van der Waals surface area contributed by atoms with Gasteiger partial charge in [-0.25, -0.2) is 0 Å². The molecule has 0 radical (unpaired) electrons. The van der Waals surface area contributed by atoms with Crippen molar-refractivity contribution in [2.45, 2.75) is 6.92 Å². The Morgan fingerprint density at radius 1 is 1.19 bits per heavy atom. The number of likely N-dealkylation sites (N-methyl/N-ethyl adjacent to an activating group) is 1. The molecule has 0 amide bonds. The molecule has 1 aromatic heterocycles. The third-order valence-corrected chi connectivity index (χ3v) is 2.06. The van der Waals surface area contributed by atoms with E-state index in [0.29, 0.717) is 25.0 Å². The summed E-state index contributed by atoms with van der Waals surface area (Å²) in [5, 5.41) is 8.92. The maximum absolute atomic E-state index is 8.92. The lowest BCUT2D eigenvalue weighted by atomic mass is 10.5. The van der Waals surface area contributed by atoms with Gasteiger partial charge in [0.2, 0.25) is 17.8 Å². The minimum Gasteiger partial charge on any atom is -0.395 e. The van der Waals surface area contributed by atoms with Gasteiger partial charge < -0.3 is 20.6 Å². The number of aliphatic hydroxyl groups is 1. The normalized spacial score (nSPS) is 10.2. The van der Waals surface area contributed by atoms with Crippen LogP contribution in [0.15, 0.2) is 0 Å². The lowest BCUT2D eigenvalue weighted by molar-refractivity contribution is 0.301. The standard InChI is InChI=1S/C9H18N6O/c1-4-15(5-6-16)9-12-7(10)11-8(13-9)14(2)3/h16H,4-6H2,1-3H3,(H2,10,11,12,13). The molecule has 3 N–H and O–H groups in total. The Morgan fingerprint density at radius 3 is 2.31 bits per heavy atom. The number of aromatic nitrogens is 3. The molecule has 1 aromatic rings. The van der Waals surface area contributed by atoms with E-state index in [4.69, 9.17) is 10.8 Å². The van der Waals surface area contributed by atoms with Gasteiger partial charge in [-0.2, -0.15) is 15.0 Å². The Kier molecular flexibility index (Phi) is 4.24. The van der Waals surface area contributed by atoms with Crippen LogP contribution in [-0.4, -0.2) is 53.9 Å². The average molecular weight is 226 g/mol. The van der Waals surface area contributed by atoms with Gasteiger partial charge in [-0.05, 0) is 6.92 Å². The molecule has 0 aliphatic carbocycles. The summed E-state index contributed by atoms with van der Waals surface area (Å²) in [5.41, 5.74) is 5.61. The van der Waals surface area contributed by atoms with Crippen LogP contribution in [0.2, 0.25) is 0 Å². The van der Waals surface area contributed by atoms with Crippen LogP contribution in [0, 0.1) is 0 Å². The third kappa shape index (κ3) is 2.93. The summed E-state index contributed by atoms with van der Waals surface area (Å²) >= 11 is 0. The largest absolute Gasteiger partial charge is 0.395 e. The first kappa shape index (κ1) is 12.4. The van der Waals surface area contributed by atoms with Gasteiger partial charge in [-0.15, -0.1) is 0 Å². The van der Waals surface area contributed by atoms with Crippen LogP contribution >= 0.6 is 0 Å². The van der Waals surface area contributed by atoms with Gasteiger partial charge in [0.25, 0.3) is 0 Å². The van der Waals surface area contributed by atoms with Crippen molar-refractivity contribution in [3.05, 3.63) is 0 Å². The summed E-state index contributed by atoms with van der Waals surface area (Å²) in [7, 11) is 3.67. The highest BCUT2D eigenvalue weighted by molar-refractivity contribution is 5.42. The molecule has 7 heteroatoms. The zero-order valence-corrected chi connectivity index (χ0v) is 9.88. The zero-order chi connectivity index (χ0) is 12.1. The summed E-state index contributed by atoms with van der Waals surface area (Å²) < 4.78 is 0. The van der Waals surface area contributed by atoms with Crippen LogP contribution in [0.25, 0.3) is 0 Å². The van der Waals surface area contributed by atoms with Gasteiger partial charge in [-0.3, -0.25) is 0 Å². The highest BCUT2D eigenvalue weighted by atomic mass is 16.3. The van der Waals surface area contributed by atoms with E-state index >= 15 is 0 Å². The third-order valence-electron chi connectivity index (χ3n) is 2.06. The minimum absolute atomic E-state index is 0.0523. The van der Waals surface area contributed by atoms with Gasteiger partial charge in [0.15, 0.2) is 0 Å². The Labute approximate surface area is 94.9 Å². The number of hydrogen-bond donors (Lipinski definition) is 2. The van der Waals surface area contributed by atoms with E-state index in [1.54, 1.807) is 4.90 Å². The van der Waals surface area contributed by atoms with Crippen molar-refractivity contribution in [2.24, 2.45) is 0 Å². The van der Waals surface area contributed by atoms with Gasteiger partial charge >= 0.3 is 0 Å². The average Bonchev–Trinajstić information content (AvgIpc) is 2.24. The molecule has 1 heterocycles. The molecule has 90 valence electrons. The Bertz CT molecular complexity index is 343. The summed E-state index contributed by atoms with van der Waals surface area (Å²) in [6.45, 7) is 3.20. The lowest BCUT2D eigenvalue weighted by Gasteiger charge is -2.21. The highest BCUT2D eigenvalue weighted by Gasteiger charge is 2.11. The Morgan fingerprint density at radius 2 is 1.81 bits per heavy atom. The SMILES string of the molecule is CCN(CCO)c1nc(N)nc(N(C)C)n1. The first-order valence-electron chi connectivity index (χ1n) is 5.13. The second-order valence-corrected chi connectivity index (χ2v) is 3.49. The molecule has 0 saturated heterocycles. The number of aliphatic hydroxyl groups excluding tert-OH is 1. The van der Waals surface area contributed by atoms with Crippen molar-refractivity contribution in [3.63, 3.8) is 0 Å². The van der Waals surface area contributed by atoms with Gasteiger partial charge in [0.1, 0.15) is 0 Å². The number of anilines is 3. The number of nitrogens with two attached hydrogens (primary N) is 1. The maximum atomic E-state index is 8.92. The highest BCUT2D eigenvalue weighted by Crippen LogP contribution is 2.12. The topological polar surface area (TPSA) is 91.4 Å². The predicted molar refractivity (Wildman–Crippen MR) is 63.5 cm³/mol. The second-order valence-electron chi connectivity index (χ2n) is 3.49. The van der Waals surface area contributed by atoms with E-state index in [1.165, 1.54) is 0 Å². The lowest BCUT2D eigenvalue weighted by Crippen LogP contribution is -2.29. The van der Waals surface area contributed by atoms with Crippen LogP contribution in [0.3, 0.4) is 0 Å². The number of nitrogen functional groups attached to an aromatic ring is 1. The quantitative estimate of drug-likeness (QED) is 0.688. The summed E-state index contributed by atoms with van der Waals surface area (Å²) in [6.07, 6.45) is 0. The Hall–Kier alpha value is -1.63. The van der Waals surface area contributed by atoms with Crippen molar-refractivity contribution < 1.29 is 5.11 Å². The van der Waals surface area contributed by atoms with Crippen molar-refractivity contribution in [3.8, 4) is 0 Å². The molecule has 0 bridgehead atoms. The van der Waals surface area contributed by atoms with E-state index in [1.807, 2.05) is 25.9 Å². The molecule has 0 aromatic carbocycles. The Balaban J connectivity index is 3.02. The van der Waals surface area contributed by atoms with Crippen molar-refractivity contribution in [2.75, 3.05) is 49.3 Å². The first-order chi connectivity index (χ1) is 7.58. The zero-order valence-electron chi connectivity index (χ0n) is 9.88. The monoisotopic (exact) mass is 226 g/mol. The molecule has 0 aliphatic rings. The van der Waals surface area contributed by atoms with Crippen LogP contribution in [0.4, 0.5) is 17.8 Å². The minimum atomic E-state index is 0.0523. The van der Waals surface area contributed by atoms with E-state index in [9.17, 15) is 0 Å². The van der Waals surface area contributed by atoms with E-state index in [2.05, 4.69) is 15.0 Å². The number of nitrogens with zero attached hydrogens (tertiary/aromatic N) is 5. The van der Waals surface area contributed by atoms with Crippen molar-refractivity contribution in [1.29, 1.82) is 0 Å². The fourth-order valence-electron chi connectivity index (χ4n) is 1.23. The van der Waals surface area contributed by atoms with Gasteiger partial charge in [0, 0.05) is 27.2 Å². The molecule has 0 spiro atoms. The molecule has 16 heavy (non-hydrogen) atoms. The molecule has 1 rings (SSSR count). The molecule has 7 nitrogen and oxygen atoms in total. The molecule has 0 unspecified atom stereocenters.